The van der Waals surface area contributed by atoms with Crippen molar-refractivity contribution in [2.45, 2.75) is 6.54 Å². The number of aromatic nitrogens is 2. The minimum absolute atomic E-state index is 0.141. The molecule has 138 valence electrons. The van der Waals surface area contributed by atoms with Gasteiger partial charge in [-0.05, 0) is 17.7 Å². The third-order valence-corrected chi connectivity index (χ3v) is 4.57. The van der Waals surface area contributed by atoms with Crippen molar-refractivity contribution < 1.29 is 14.2 Å². The molecule has 2 aliphatic heterocycles. The molecule has 4 rings (SSSR count). The molecular weight excluding hydrogens is 338 g/mol. The van der Waals surface area contributed by atoms with E-state index in [0.717, 1.165) is 44.0 Å². The number of benzene rings is 1. The van der Waals surface area contributed by atoms with Crippen molar-refractivity contribution in [3.05, 3.63) is 34.1 Å². The number of nitrogen functional groups attached to an aromatic ring is 1. The number of hydrogen-bond donors (Lipinski definition) is 2. The molecular formula is C17H21N5O4. The molecule has 1 fully saturated rings. The molecule has 0 amide bonds. The number of ether oxygens (including phenoxy) is 3. The molecule has 26 heavy (non-hydrogen) atoms. The number of nitrogens with one attached hydrogen (secondary N) is 1. The van der Waals surface area contributed by atoms with Crippen LogP contribution in [0.15, 0.2) is 23.0 Å². The van der Waals surface area contributed by atoms with Gasteiger partial charge < -0.3 is 24.8 Å². The molecule has 9 heteroatoms. The van der Waals surface area contributed by atoms with Gasteiger partial charge in [-0.15, -0.1) is 0 Å². The van der Waals surface area contributed by atoms with E-state index in [9.17, 15) is 4.79 Å². The van der Waals surface area contributed by atoms with Crippen LogP contribution < -0.4 is 30.4 Å². The lowest BCUT2D eigenvalue weighted by Gasteiger charge is -2.35. The van der Waals surface area contributed by atoms with Gasteiger partial charge >= 0.3 is 0 Å². The molecule has 9 nitrogen and oxygen atoms in total. The van der Waals surface area contributed by atoms with Gasteiger partial charge in [-0.3, -0.25) is 14.7 Å². The van der Waals surface area contributed by atoms with Crippen LogP contribution >= 0.6 is 0 Å². The van der Waals surface area contributed by atoms with Crippen molar-refractivity contribution in [3.8, 4) is 17.2 Å². The second kappa shape index (κ2) is 6.75. The number of H-pyrrole nitrogens is 1. The molecule has 0 radical (unpaired) electrons. The molecule has 0 unspecified atom stereocenters. The summed E-state index contributed by atoms with van der Waals surface area (Å²) < 4.78 is 16.3. The summed E-state index contributed by atoms with van der Waals surface area (Å²) in [5, 5.41) is 0. The van der Waals surface area contributed by atoms with Gasteiger partial charge in [0.05, 0.1) is 7.11 Å². The highest BCUT2D eigenvalue weighted by atomic mass is 16.7. The van der Waals surface area contributed by atoms with Gasteiger partial charge in [0, 0.05) is 38.8 Å². The Labute approximate surface area is 150 Å². The lowest BCUT2D eigenvalue weighted by Crippen LogP contribution is -2.46. The Bertz CT molecular complexity index is 861. The minimum atomic E-state index is -0.234. The predicted octanol–water partition coefficient (Wildman–Crippen LogP) is 0.412. The summed E-state index contributed by atoms with van der Waals surface area (Å²) in [7, 11) is 1.63. The van der Waals surface area contributed by atoms with Gasteiger partial charge in [0.25, 0.3) is 5.56 Å². The van der Waals surface area contributed by atoms with Gasteiger partial charge in [0.1, 0.15) is 5.82 Å². The first kappa shape index (κ1) is 16.5. The van der Waals surface area contributed by atoms with Crippen molar-refractivity contribution in [1.82, 2.24) is 14.9 Å². The predicted molar refractivity (Wildman–Crippen MR) is 95.9 cm³/mol. The van der Waals surface area contributed by atoms with Crippen molar-refractivity contribution in [2.24, 2.45) is 0 Å². The summed E-state index contributed by atoms with van der Waals surface area (Å²) in [4.78, 5) is 22.6. The van der Waals surface area contributed by atoms with Gasteiger partial charge in [-0.1, -0.05) is 0 Å². The molecule has 3 heterocycles. The van der Waals surface area contributed by atoms with Crippen LogP contribution in [0.4, 0.5) is 11.8 Å². The number of nitrogens with zero attached hydrogens (tertiary/aromatic N) is 3. The summed E-state index contributed by atoms with van der Waals surface area (Å²) in [6.45, 7) is 4.26. The van der Waals surface area contributed by atoms with E-state index in [4.69, 9.17) is 19.9 Å². The standard InChI is InChI=1S/C17H21N5O4/c1-24-12-6-11(7-13-16(12)26-10-25-13)9-21-2-4-22(5-3-21)14-8-15(23)20-17(18)19-14/h6-8H,2-5,9-10H2,1H3,(H3,18,19,20,23). The summed E-state index contributed by atoms with van der Waals surface area (Å²) in [6.07, 6.45) is 0. The van der Waals surface area contributed by atoms with Crippen LogP contribution in [0.5, 0.6) is 17.2 Å². The fourth-order valence-electron chi connectivity index (χ4n) is 3.29. The van der Waals surface area contributed by atoms with Gasteiger partial charge in [0.15, 0.2) is 11.5 Å². The highest BCUT2D eigenvalue weighted by Crippen LogP contribution is 2.42. The van der Waals surface area contributed by atoms with Gasteiger partial charge in [-0.25, -0.2) is 0 Å². The fourth-order valence-corrected chi connectivity index (χ4v) is 3.29. The Morgan fingerprint density at radius 3 is 2.77 bits per heavy atom. The average molecular weight is 359 g/mol. The topological polar surface area (TPSA) is 106 Å². The summed E-state index contributed by atoms with van der Waals surface area (Å²) in [5.74, 6) is 2.84. The van der Waals surface area contributed by atoms with Crippen molar-refractivity contribution in [2.75, 3.05) is 50.7 Å². The number of methoxy groups -OCH3 is 1. The van der Waals surface area contributed by atoms with E-state index in [-0.39, 0.29) is 18.3 Å². The van der Waals surface area contributed by atoms with E-state index in [1.165, 1.54) is 6.07 Å². The highest BCUT2D eigenvalue weighted by molar-refractivity contribution is 5.55. The van der Waals surface area contributed by atoms with Crippen LogP contribution in [0, 0.1) is 0 Å². The third kappa shape index (κ3) is 3.25. The molecule has 0 saturated carbocycles. The molecule has 1 aromatic heterocycles. The molecule has 3 N–H and O–H groups in total. The Kier molecular flexibility index (Phi) is 4.29. The average Bonchev–Trinajstić information content (AvgIpc) is 3.09. The van der Waals surface area contributed by atoms with Crippen LogP contribution in [0.3, 0.4) is 0 Å². The first-order valence-corrected chi connectivity index (χ1v) is 8.43. The zero-order valence-corrected chi connectivity index (χ0v) is 14.5. The van der Waals surface area contributed by atoms with Crippen LogP contribution in [-0.4, -0.2) is 54.9 Å². The number of fused-ring (bicyclic) bond motifs is 1. The van der Waals surface area contributed by atoms with E-state index in [1.54, 1.807) is 7.11 Å². The van der Waals surface area contributed by atoms with Crippen molar-refractivity contribution in [1.29, 1.82) is 0 Å². The Balaban J connectivity index is 1.42. The van der Waals surface area contributed by atoms with E-state index >= 15 is 0 Å². The second-order valence-corrected chi connectivity index (χ2v) is 6.28. The van der Waals surface area contributed by atoms with Gasteiger partial charge in [0.2, 0.25) is 18.5 Å². The highest BCUT2D eigenvalue weighted by Gasteiger charge is 2.23. The van der Waals surface area contributed by atoms with Crippen molar-refractivity contribution >= 4 is 11.8 Å². The number of piperazine rings is 1. The number of nitrogens with two attached hydrogens (primary N) is 1. The molecule has 2 aromatic rings. The smallest absolute Gasteiger partial charge is 0.254 e. The zero-order chi connectivity index (χ0) is 18.1. The molecule has 1 aromatic carbocycles. The monoisotopic (exact) mass is 359 g/mol. The summed E-state index contributed by atoms with van der Waals surface area (Å²) >= 11 is 0. The molecule has 0 spiro atoms. The lowest BCUT2D eigenvalue weighted by molar-refractivity contribution is 0.171. The van der Waals surface area contributed by atoms with Crippen LogP contribution in [0.1, 0.15) is 5.56 Å². The van der Waals surface area contributed by atoms with E-state index in [2.05, 4.69) is 19.8 Å². The zero-order valence-electron chi connectivity index (χ0n) is 14.5. The molecule has 1 saturated heterocycles. The second-order valence-electron chi connectivity index (χ2n) is 6.28. The molecule has 2 aliphatic rings. The molecule has 0 bridgehead atoms. The molecule has 0 atom stereocenters. The summed E-state index contributed by atoms with van der Waals surface area (Å²) in [6, 6.07) is 5.46. The quantitative estimate of drug-likeness (QED) is 0.809. The maximum absolute atomic E-state index is 11.6. The number of aromatic amines is 1. The van der Waals surface area contributed by atoms with Crippen LogP contribution in [0.25, 0.3) is 0 Å². The number of rotatable bonds is 4. The third-order valence-electron chi connectivity index (χ3n) is 4.57. The fraction of sp³-hybridized carbons (Fsp3) is 0.412. The van der Waals surface area contributed by atoms with Crippen LogP contribution in [-0.2, 0) is 6.54 Å². The largest absolute Gasteiger partial charge is 0.493 e. The number of anilines is 2. The minimum Gasteiger partial charge on any atom is -0.493 e. The number of hydrogen-bond acceptors (Lipinski definition) is 8. The lowest BCUT2D eigenvalue weighted by atomic mass is 10.1. The molecule has 0 aliphatic carbocycles. The van der Waals surface area contributed by atoms with E-state index in [0.29, 0.717) is 17.3 Å². The Hall–Kier alpha value is -2.94. The Morgan fingerprint density at radius 2 is 2.04 bits per heavy atom. The van der Waals surface area contributed by atoms with Gasteiger partial charge in [-0.2, -0.15) is 4.98 Å². The van der Waals surface area contributed by atoms with E-state index < -0.39 is 0 Å². The first-order valence-electron chi connectivity index (χ1n) is 8.43. The van der Waals surface area contributed by atoms with Crippen molar-refractivity contribution in [3.63, 3.8) is 0 Å². The van der Waals surface area contributed by atoms with E-state index in [1.807, 2.05) is 12.1 Å². The Morgan fingerprint density at radius 1 is 1.23 bits per heavy atom. The van der Waals surface area contributed by atoms with Crippen LogP contribution in [0.2, 0.25) is 0 Å². The SMILES string of the molecule is COc1cc(CN2CCN(c3cc(=O)[nH]c(N)n3)CC2)cc2c1OCO2. The summed E-state index contributed by atoms with van der Waals surface area (Å²) in [5.41, 5.74) is 6.51. The first-order chi connectivity index (χ1) is 12.6. The maximum atomic E-state index is 11.6. The normalized spacial score (nSPS) is 16.7. The maximum Gasteiger partial charge on any atom is 0.254 e.